The molecule has 27 heavy (non-hydrogen) atoms. The third-order valence-electron chi connectivity index (χ3n) is 3.78. The van der Waals surface area contributed by atoms with Crippen LogP contribution < -0.4 is 10.2 Å². The second kappa shape index (κ2) is 8.35. The molecular weight excluding hydrogens is 344 g/mol. The maximum Gasteiger partial charge on any atom is 0.411 e. The highest BCUT2D eigenvalue weighted by Gasteiger charge is 2.19. The maximum absolute atomic E-state index is 12.0. The monoisotopic (exact) mass is 366 g/mol. The number of amides is 1. The van der Waals surface area contributed by atoms with Crippen LogP contribution in [-0.2, 0) is 4.74 Å². The van der Waals surface area contributed by atoms with Crippen LogP contribution in [0.5, 0.6) is 0 Å². The van der Waals surface area contributed by atoms with E-state index >= 15 is 0 Å². The van der Waals surface area contributed by atoms with Gasteiger partial charge in [-0.3, -0.25) is 15.2 Å². The number of aromatic nitrogens is 2. The minimum atomic E-state index is -0.481. The Balaban J connectivity index is 1.92. The van der Waals surface area contributed by atoms with E-state index in [2.05, 4.69) is 15.3 Å². The van der Waals surface area contributed by atoms with Gasteiger partial charge in [0.2, 0.25) is 0 Å². The predicted octanol–water partition coefficient (Wildman–Crippen LogP) is 5.05. The van der Waals surface area contributed by atoms with Crippen molar-refractivity contribution in [3.63, 3.8) is 0 Å². The highest BCUT2D eigenvalue weighted by atomic mass is 16.5. The minimum absolute atomic E-state index is 0.275. The van der Waals surface area contributed by atoms with E-state index in [1.54, 1.807) is 18.6 Å². The SMILES string of the molecule is Cc1ccc(NC(=O)OCC(C)C)cc1N(c1ccncc1)c1ncco1. The number of benzene rings is 1. The average molecular weight is 366 g/mol. The molecule has 0 radical (unpaired) electrons. The van der Waals surface area contributed by atoms with Crippen molar-refractivity contribution in [1.29, 1.82) is 0 Å². The van der Waals surface area contributed by atoms with Crippen LogP contribution in [0.2, 0.25) is 0 Å². The van der Waals surface area contributed by atoms with Gasteiger partial charge < -0.3 is 9.15 Å². The number of nitrogens with one attached hydrogen (secondary N) is 1. The van der Waals surface area contributed by atoms with E-state index in [4.69, 9.17) is 9.15 Å². The van der Waals surface area contributed by atoms with Crippen LogP contribution in [0.25, 0.3) is 0 Å². The van der Waals surface area contributed by atoms with Crippen molar-refractivity contribution in [3.05, 3.63) is 60.7 Å². The van der Waals surface area contributed by atoms with Crippen LogP contribution in [0.4, 0.5) is 27.9 Å². The van der Waals surface area contributed by atoms with E-state index in [0.29, 0.717) is 18.3 Å². The number of hydrogen-bond donors (Lipinski definition) is 1. The van der Waals surface area contributed by atoms with Crippen LogP contribution in [0.1, 0.15) is 19.4 Å². The zero-order chi connectivity index (χ0) is 19.2. The number of ether oxygens (including phenoxy) is 1. The van der Waals surface area contributed by atoms with Gasteiger partial charge in [-0.05, 0) is 42.7 Å². The van der Waals surface area contributed by atoms with E-state index in [0.717, 1.165) is 16.9 Å². The van der Waals surface area contributed by atoms with E-state index in [1.807, 2.05) is 56.0 Å². The maximum atomic E-state index is 12.0. The summed E-state index contributed by atoms with van der Waals surface area (Å²) in [6.07, 6.45) is 6.03. The molecule has 140 valence electrons. The molecule has 2 heterocycles. The molecule has 0 aliphatic carbocycles. The molecule has 2 aromatic heterocycles. The molecule has 3 aromatic rings. The summed E-state index contributed by atoms with van der Waals surface area (Å²) >= 11 is 0. The Morgan fingerprint density at radius 3 is 2.67 bits per heavy atom. The van der Waals surface area contributed by atoms with Crippen molar-refractivity contribution in [1.82, 2.24) is 9.97 Å². The van der Waals surface area contributed by atoms with Gasteiger partial charge in [0.15, 0.2) is 0 Å². The first-order chi connectivity index (χ1) is 13.0. The fourth-order valence-electron chi connectivity index (χ4n) is 2.50. The Bertz CT molecular complexity index is 880. The first-order valence-electron chi connectivity index (χ1n) is 8.68. The molecule has 7 nitrogen and oxygen atoms in total. The summed E-state index contributed by atoms with van der Waals surface area (Å²) in [4.78, 5) is 22.2. The Morgan fingerprint density at radius 1 is 1.22 bits per heavy atom. The number of aryl methyl sites for hydroxylation is 1. The van der Waals surface area contributed by atoms with E-state index < -0.39 is 6.09 Å². The van der Waals surface area contributed by atoms with Gasteiger partial charge in [0, 0.05) is 18.1 Å². The summed E-state index contributed by atoms with van der Waals surface area (Å²) in [5, 5.41) is 2.77. The number of rotatable bonds is 6. The summed E-state index contributed by atoms with van der Waals surface area (Å²) in [6.45, 7) is 6.32. The van der Waals surface area contributed by atoms with Gasteiger partial charge in [-0.25, -0.2) is 9.78 Å². The molecule has 1 amide bonds. The van der Waals surface area contributed by atoms with Crippen LogP contribution in [0.15, 0.2) is 59.6 Å². The number of hydrogen-bond acceptors (Lipinski definition) is 6. The fourth-order valence-corrected chi connectivity index (χ4v) is 2.50. The zero-order valence-electron chi connectivity index (χ0n) is 15.5. The number of carbonyl (C=O) groups excluding carboxylic acids is 1. The highest BCUT2D eigenvalue weighted by Crippen LogP contribution is 2.36. The lowest BCUT2D eigenvalue weighted by molar-refractivity contribution is 0.147. The second-order valence-electron chi connectivity index (χ2n) is 6.47. The molecule has 1 aromatic carbocycles. The molecule has 0 unspecified atom stereocenters. The van der Waals surface area contributed by atoms with Crippen LogP contribution >= 0.6 is 0 Å². The standard InChI is InChI=1S/C20H22N4O3/c1-14(2)13-27-20(25)23-16-5-4-15(3)18(12-16)24(19-22-10-11-26-19)17-6-8-21-9-7-17/h4-12,14H,13H2,1-3H3,(H,23,25). The Morgan fingerprint density at radius 2 is 2.00 bits per heavy atom. The number of anilines is 4. The fraction of sp³-hybridized carbons (Fsp3) is 0.250. The van der Waals surface area contributed by atoms with Gasteiger partial charge >= 0.3 is 12.1 Å². The lowest BCUT2D eigenvalue weighted by Gasteiger charge is -2.23. The predicted molar refractivity (Wildman–Crippen MR) is 104 cm³/mol. The van der Waals surface area contributed by atoms with Crippen LogP contribution in [0.3, 0.4) is 0 Å². The molecule has 0 fully saturated rings. The normalized spacial score (nSPS) is 10.7. The molecule has 0 spiro atoms. The van der Waals surface area contributed by atoms with Crippen molar-refractivity contribution < 1.29 is 13.9 Å². The van der Waals surface area contributed by atoms with Crippen LogP contribution in [0, 0.1) is 12.8 Å². The molecule has 7 heteroatoms. The number of nitrogens with zero attached hydrogens (tertiary/aromatic N) is 3. The number of pyridine rings is 1. The number of carbonyl (C=O) groups is 1. The average Bonchev–Trinajstić information content (AvgIpc) is 3.18. The van der Waals surface area contributed by atoms with Crippen molar-refractivity contribution in [2.75, 3.05) is 16.8 Å². The molecule has 0 saturated carbocycles. The summed E-state index contributed by atoms with van der Waals surface area (Å²) in [7, 11) is 0. The summed E-state index contributed by atoms with van der Waals surface area (Å²) in [5.74, 6) is 0.275. The highest BCUT2D eigenvalue weighted by molar-refractivity contribution is 5.87. The molecule has 3 rings (SSSR count). The summed E-state index contributed by atoms with van der Waals surface area (Å²) in [6, 6.07) is 9.75. The Kier molecular flexibility index (Phi) is 5.71. The van der Waals surface area contributed by atoms with Gasteiger partial charge in [-0.15, -0.1) is 0 Å². The minimum Gasteiger partial charge on any atom is -0.449 e. The van der Waals surface area contributed by atoms with Crippen molar-refractivity contribution in [2.45, 2.75) is 20.8 Å². The topological polar surface area (TPSA) is 80.5 Å². The van der Waals surface area contributed by atoms with Gasteiger partial charge in [0.1, 0.15) is 6.26 Å². The van der Waals surface area contributed by atoms with E-state index in [-0.39, 0.29) is 5.92 Å². The summed E-state index contributed by atoms with van der Waals surface area (Å²) < 4.78 is 10.7. The summed E-state index contributed by atoms with van der Waals surface area (Å²) in [5.41, 5.74) is 3.28. The first-order valence-corrected chi connectivity index (χ1v) is 8.68. The van der Waals surface area contributed by atoms with Crippen molar-refractivity contribution in [2.24, 2.45) is 5.92 Å². The quantitative estimate of drug-likeness (QED) is 0.657. The van der Waals surface area contributed by atoms with Gasteiger partial charge in [0.05, 0.1) is 24.2 Å². The largest absolute Gasteiger partial charge is 0.449 e. The molecule has 0 bridgehead atoms. The molecule has 0 atom stereocenters. The molecular formula is C20H22N4O3. The lowest BCUT2D eigenvalue weighted by Crippen LogP contribution is -2.17. The molecule has 0 aliphatic heterocycles. The van der Waals surface area contributed by atoms with Crippen molar-refractivity contribution in [3.8, 4) is 0 Å². The van der Waals surface area contributed by atoms with Gasteiger partial charge in [0.25, 0.3) is 0 Å². The third-order valence-corrected chi connectivity index (χ3v) is 3.78. The first kappa shape index (κ1) is 18.4. The zero-order valence-corrected chi connectivity index (χ0v) is 15.5. The number of oxazole rings is 1. The Hall–Kier alpha value is -3.35. The second-order valence-corrected chi connectivity index (χ2v) is 6.47. The third kappa shape index (κ3) is 4.63. The molecule has 0 aliphatic rings. The molecule has 0 saturated heterocycles. The van der Waals surface area contributed by atoms with Crippen molar-refractivity contribution >= 4 is 29.2 Å². The smallest absolute Gasteiger partial charge is 0.411 e. The van der Waals surface area contributed by atoms with Crippen LogP contribution in [-0.4, -0.2) is 22.7 Å². The van der Waals surface area contributed by atoms with Gasteiger partial charge in [-0.1, -0.05) is 19.9 Å². The molecule has 1 N–H and O–H groups in total. The van der Waals surface area contributed by atoms with E-state index in [9.17, 15) is 4.79 Å². The Labute approximate surface area is 158 Å². The van der Waals surface area contributed by atoms with Gasteiger partial charge in [-0.2, -0.15) is 0 Å². The van der Waals surface area contributed by atoms with E-state index in [1.165, 1.54) is 6.26 Å². The lowest BCUT2D eigenvalue weighted by atomic mass is 10.1.